The van der Waals surface area contributed by atoms with E-state index < -0.39 is 0 Å². The third-order valence-electron chi connectivity index (χ3n) is 4.83. The molecule has 0 saturated carbocycles. The highest BCUT2D eigenvalue weighted by Crippen LogP contribution is 2.22. The third-order valence-corrected chi connectivity index (χ3v) is 5.06. The van der Waals surface area contributed by atoms with Gasteiger partial charge in [-0.25, -0.2) is 4.79 Å². The molecule has 3 rings (SSSR count). The Labute approximate surface area is 164 Å². The summed E-state index contributed by atoms with van der Waals surface area (Å²) in [4.78, 5) is 26.3. The van der Waals surface area contributed by atoms with Crippen LogP contribution in [0.3, 0.4) is 0 Å². The van der Waals surface area contributed by atoms with E-state index in [0.717, 1.165) is 37.5 Å². The van der Waals surface area contributed by atoms with Crippen molar-refractivity contribution in [3.8, 4) is 0 Å². The van der Waals surface area contributed by atoms with E-state index in [1.54, 1.807) is 24.3 Å². The lowest BCUT2D eigenvalue weighted by Crippen LogP contribution is -2.37. The maximum Gasteiger partial charge on any atom is 0.337 e. The van der Waals surface area contributed by atoms with Gasteiger partial charge >= 0.3 is 5.97 Å². The number of hydrogen-bond donors (Lipinski definition) is 1. The van der Waals surface area contributed by atoms with Gasteiger partial charge in [-0.15, -0.1) is 0 Å². The summed E-state index contributed by atoms with van der Waals surface area (Å²) < 4.78 is 4.67. The van der Waals surface area contributed by atoms with Crippen LogP contribution in [0.2, 0.25) is 5.02 Å². The lowest BCUT2D eigenvalue weighted by atomic mass is 9.95. The minimum Gasteiger partial charge on any atom is -0.465 e. The molecule has 2 aromatic carbocycles. The zero-order valence-electron chi connectivity index (χ0n) is 15.3. The molecule has 0 unspecified atom stereocenters. The molecule has 0 radical (unpaired) electrons. The van der Waals surface area contributed by atoms with Crippen LogP contribution >= 0.6 is 11.6 Å². The van der Waals surface area contributed by atoms with Gasteiger partial charge in [0.05, 0.1) is 12.7 Å². The molecule has 142 valence electrons. The predicted molar refractivity (Wildman–Crippen MR) is 106 cm³/mol. The summed E-state index contributed by atoms with van der Waals surface area (Å²) in [5, 5.41) is 3.69. The van der Waals surface area contributed by atoms with E-state index in [1.165, 1.54) is 12.7 Å². The Bertz CT molecular complexity index is 799. The smallest absolute Gasteiger partial charge is 0.337 e. The van der Waals surface area contributed by atoms with E-state index in [1.807, 2.05) is 18.2 Å². The average molecular weight is 387 g/mol. The Balaban J connectivity index is 1.49. The summed E-state index contributed by atoms with van der Waals surface area (Å²) in [6.07, 6.45) is 1.65. The van der Waals surface area contributed by atoms with E-state index >= 15 is 0 Å². The van der Waals surface area contributed by atoms with Crippen LogP contribution in [-0.4, -0.2) is 37.0 Å². The maximum absolute atomic E-state index is 12.5. The quantitative estimate of drug-likeness (QED) is 0.790. The highest BCUT2D eigenvalue weighted by atomic mass is 35.5. The number of methoxy groups -OCH3 is 1. The topological polar surface area (TPSA) is 58.6 Å². The number of amides is 1. The van der Waals surface area contributed by atoms with E-state index in [-0.39, 0.29) is 17.8 Å². The zero-order chi connectivity index (χ0) is 19.2. The summed E-state index contributed by atoms with van der Waals surface area (Å²) in [6.45, 7) is 2.61. The molecule has 5 nitrogen and oxygen atoms in total. The van der Waals surface area contributed by atoms with Crippen LogP contribution in [0, 0.1) is 5.92 Å². The van der Waals surface area contributed by atoms with Crippen molar-refractivity contribution in [2.24, 2.45) is 5.92 Å². The molecule has 1 heterocycles. The van der Waals surface area contributed by atoms with Crippen molar-refractivity contribution in [3.05, 3.63) is 64.7 Å². The van der Waals surface area contributed by atoms with Crippen LogP contribution < -0.4 is 5.32 Å². The van der Waals surface area contributed by atoms with Crippen molar-refractivity contribution in [1.29, 1.82) is 0 Å². The second kappa shape index (κ2) is 9.02. The first-order valence-corrected chi connectivity index (χ1v) is 9.39. The van der Waals surface area contributed by atoms with Gasteiger partial charge in [-0.2, -0.15) is 0 Å². The fourth-order valence-electron chi connectivity index (χ4n) is 3.30. The SMILES string of the molecule is COC(=O)c1ccc(NC(=O)C2CCN(Cc3cccc(Cl)c3)CC2)cc1. The van der Waals surface area contributed by atoms with Crippen LogP contribution in [0.15, 0.2) is 48.5 Å². The first kappa shape index (κ1) is 19.4. The fraction of sp³-hybridized carbons (Fsp3) is 0.333. The number of rotatable bonds is 5. The average Bonchev–Trinajstić information content (AvgIpc) is 2.68. The van der Waals surface area contributed by atoms with Gasteiger partial charge in [0.15, 0.2) is 0 Å². The third kappa shape index (κ3) is 5.31. The molecular formula is C21H23ClN2O3. The molecule has 1 amide bonds. The predicted octanol–water partition coefficient (Wildman–Crippen LogP) is 3.98. The second-order valence-corrected chi connectivity index (χ2v) is 7.17. The van der Waals surface area contributed by atoms with Crippen LogP contribution in [0.4, 0.5) is 5.69 Å². The van der Waals surface area contributed by atoms with Crippen molar-refractivity contribution in [2.75, 3.05) is 25.5 Å². The lowest BCUT2D eigenvalue weighted by molar-refractivity contribution is -0.121. The Morgan fingerprint density at radius 3 is 2.48 bits per heavy atom. The van der Waals surface area contributed by atoms with Gasteiger partial charge < -0.3 is 10.1 Å². The molecule has 1 N–H and O–H groups in total. The molecule has 0 aliphatic carbocycles. The van der Waals surface area contributed by atoms with E-state index in [0.29, 0.717) is 11.3 Å². The van der Waals surface area contributed by atoms with Crippen LogP contribution in [-0.2, 0) is 16.1 Å². The minimum atomic E-state index is -0.389. The largest absolute Gasteiger partial charge is 0.465 e. The maximum atomic E-state index is 12.5. The first-order valence-electron chi connectivity index (χ1n) is 9.01. The van der Waals surface area contributed by atoms with Gasteiger partial charge in [-0.3, -0.25) is 9.69 Å². The van der Waals surface area contributed by atoms with Gasteiger partial charge in [-0.05, 0) is 67.9 Å². The number of carbonyl (C=O) groups excluding carboxylic acids is 2. The van der Waals surface area contributed by atoms with E-state index in [9.17, 15) is 9.59 Å². The van der Waals surface area contributed by atoms with Crippen molar-refractivity contribution in [1.82, 2.24) is 4.90 Å². The van der Waals surface area contributed by atoms with Crippen LogP contribution in [0.25, 0.3) is 0 Å². The molecule has 0 spiro atoms. The van der Waals surface area contributed by atoms with Gasteiger partial charge in [0.2, 0.25) is 5.91 Å². The molecule has 2 aromatic rings. The molecule has 0 bridgehead atoms. The Morgan fingerprint density at radius 1 is 1.15 bits per heavy atom. The highest BCUT2D eigenvalue weighted by Gasteiger charge is 2.25. The Hall–Kier alpha value is -2.37. The molecule has 27 heavy (non-hydrogen) atoms. The van der Waals surface area contributed by atoms with Crippen molar-refractivity contribution >= 4 is 29.2 Å². The van der Waals surface area contributed by atoms with E-state index in [2.05, 4.69) is 21.0 Å². The summed E-state index contributed by atoms with van der Waals surface area (Å²) in [6, 6.07) is 14.6. The highest BCUT2D eigenvalue weighted by molar-refractivity contribution is 6.30. The van der Waals surface area contributed by atoms with Crippen molar-refractivity contribution in [2.45, 2.75) is 19.4 Å². The number of likely N-dealkylation sites (tertiary alicyclic amines) is 1. The Morgan fingerprint density at radius 2 is 1.85 bits per heavy atom. The van der Waals surface area contributed by atoms with Crippen molar-refractivity contribution < 1.29 is 14.3 Å². The number of nitrogens with one attached hydrogen (secondary N) is 1. The number of esters is 1. The zero-order valence-corrected chi connectivity index (χ0v) is 16.0. The number of anilines is 1. The Kier molecular flexibility index (Phi) is 6.48. The molecule has 1 saturated heterocycles. The second-order valence-electron chi connectivity index (χ2n) is 6.74. The molecule has 0 aromatic heterocycles. The normalized spacial score (nSPS) is 15.3. The van der Waals surface area contributed by atoms with Gasteiger partial charge in [0.1, 0.15) is 0 Å². The lowest BCUT2D eigenvalue weighted by Gasteiger charge is -2.31. The number of piperidine rings is 1. The van der Waals surface area contributed by atoms with Crippen LogP contribution in [0.1, 0.15) is 28.8 Å². The van der Waals surface area contributed by atoms with Crippen LogP contribution in [0.5, 0.6) is 0 Å². The van der Waals surface area contributed by atoms with E-state index in [4.69, 9.17) is 11.6 Å². The number of nitrogens with zero attached hydrogens (tertiary/aromatic N) is 1. The molecular weight excluding hydrogens is 364 g/mol. The number of benzene rings is 2. The first-order chi connectivity index (χ1) is 13.0. The molecule has 6 heteroatoms. The number of hydrogen-bond acceptors (Lipinski definition) is 4. The number of carbonyl (C=O) groups is 2. The minimum absolute atomic E-state index is 0.000829. The molecule has 1 aliphatic heterocycles. The summed E-state index contributed by atoms with van der Waals surface area (Å²) in [7, 11) is 1.34. The number of halogens is 1. The summed E-state index contributed by atoms with van der Waals surface area (Å²) >= 11 is 6.04. The molecule has 1 aliphatic rings. The van der Waals surface area contributed by atoms with Gasteiger partial charge in [0.25, 0.3) is 0 Å². The molecule has 1 fully saturated rings. The molecule has 0 atom stereocenters. The van der Waals surface area contributed by atoms with Gasteiger partial charge in [0, 0.05) is 23.2 Å². The summed E-state index contributed by atoms with van der Waals surface area (Å²) in [5.74, 6) is -0.357. The number of ether oxygens (including phenoxy) is 1. The fourth-order valence-corrected chi connectivity index (χ4v) is 3.51. The summed E-state index contributed by atoms with van der Waals surface area (Å²) in [5.41, 5.74) is 2.34. The standard InChI is InChI=1S/C21H23ClN2O3/c1-27-21(26)17-5-7-19(8-6-17)23-20(25)16-9-11-24(12-10-16)14-15-3-2-4-18(22)13-15/h2-8,13,16H,9-12,14H2,1H3,(H,23,25). The van der Waals surface area contributed by atoms with Crippen molar-refractivity contribution in [3.63, 3.8) is 0 Å². The van der Waals surface area contributed by atoms with Gasteiger partial charge in [-0.1, -0.05) is 23.7 Å². The monoisotopic (exact) mass is 386 g/mol.